The molecule has 0 fully saturated rings. The van der Waals surface area contributed by atoms with Crippen LogP contribution in [0.15, 0.2) is 30.3 Å². The molecule has 0 radical (unpaired) electrons. The number of nitrogens with two attached hydrogens (primary N) is 2. The third kappa shape index (κ3) is 5.31. The lowest BCUT2D eigenvalue weighted by Crippen LogP contribution is -2.46. The molecule has 0 saturated carbocycles. The Morgan fingerprint density at radius 2 is 1.55 bits per heavy atom. The Kier molecular flexibility index (Phi) is 6.05. The van der Waals surface area contributed by atoms with Crippen molar-refractivity contribution in [1.29, 1.82) is 0 Å². The van der Waals surface area contributed by atoms with Gasteiger partial charge in [0.2, 0.25) is 17.7 Å². The molecule has 0 bridgehead atoms. The molecule has 0 spiro atoms. The maximum absolute atomic E-state index is 12.2. The van der Waals surface area contributed by atoms with E-state index in [0.29, 0.717) is 6.42 Å². The first-order chi connectivity index (χ1) is 9.40. The molecule has 1 aromatic carbocycles. The zero-order valence-electron chi connectivity index (χ0n) is 10.9. The smallest absolute Gasteiger partial charge is 0.237 e. The van der Waals surface area contributed by atoms with E-state index in [1.807, 2.05) is 30.3 Å². The lowest BCUT2D eigenvalue weighted by Gasteiger charge is -2.22. The van der Waals surface area contributed by atoms with Crippen molar-refractivity contribution in [3.63, 3.8) is 0 Å². The highest BCUT2D eigenvalue weighted by atomic mass is 32.1. The molecule has 1 rings (SSSR count). The summed E-state index contributed by atoms with van der Waals surface area (Å²) in [6.45, 7) is -0.707. The average Bonchev–Trinajstić information content (AvgIpc) is 2.37. The number of hydrogen-bond donors (Lipinski definition) is 3. The largest absolute Gasteiger partial charge is 0.368 e. The molecule has 1 unspecified atom stereocenters. The van der Waals surface area contributed by atoms with E-state index in [-0.39, 0.29) is 13.1 Å². The predicted octanol–water partition coefficient (Wildman–Crippen LogP) is -0.673. The number of rotatable bonds is 7. The Balaban J connectivity index is 2.72. The maximum atomic E-state index is 12.2. The number of benzene rings is 1. The summed E-state index contributed by atoms with van der Waals surface area (Å²) in [5.41, 5.74) is 11.0. The van der Waals surface area contributed by atoms with E-state index in [4.69, 9.17) is 11.5 Å². The minimum atomic E-state index is -0.708. The van der Waals surface area contributed by atoms with Crippen LogP contribution in [0.25, 0.3) is 0 Å². The Bertz CT molecular complexity index is 477. The van der Waals surface area contributed by atoms with Gasteiger partial charge in [-0.05, 0) is 12.0 Å². The van der Waals surface area contributed by atoms with Gasteiger partial charge in [-0.2, -0.15) is 12.6 Å². The van der Waals surface area contributed by atoms with Gasteiger partial charge in [-0.1, -0.05) is 30.3 Å². The van der Waals surface area contributed by atoms with Crippen LogP contribution in [0.1, 0.15) is 5.56 Å². The highest BCUT2D eigenvalue weighted by Gasteiger charge is 2.24. The molecule has 0 aromatic heterocycles. The molecule has 108 valence electrons. The van der Waals surface area contributed by atoms with Gasteiger partial charge in [0.15, 0.2) is 0 Å². The van der Waals surface area contributed by atoms with Gasteiger partial charge in [0.1, 0.15) is 0 Å². The number of amides is 3. The van der Waals surface area contributed by atoms with Gasteiger partial charge in [-0.3, -0.25) is 14.4 Å². The topological polar surface area (TPSA) is 106 Å². The van der Waals surface area contributed by atoms with Crippen LogP contribution in [-0.4, -0.2) is 41.0 Å². The lowest BCUT2D eigenvalue weighted by molar-refractivity contribution is -0.137. The zero-order valence-corrected chi connectivity index (χ0v) is 11.8. The van der Waals surface area contributed by atoms with Crippen LogP contribution < -0.4 is 11.5 Å². The van der Waals surface area contributed by atoms with Gasteiger partial charge in [-0.15, -0.1) is 0 Å². The van der Waals surface area contributed by atoms with Crippen LogP contribution in [0.3, 0.4) is 0 Å². The van der Waals surface area contributed by atoms with E-state index in [2.05, 4.69) is 12.6 Å². The Morgan fingerprint density at radius 3 is 2.00 bits per heavy atom. The molecule has 0 aliphatic rings. The molecule has 3 amide bonds. The summed E-state index contributed by atoms with van der Waals surface area (Å²) in [5, 5.41) is -0.670. The summed E-state index contributed by atoms with van der Waals surface area (Å²) in [4.78, 5) is 35.0. The molecular weight excluding hydrogens is 278 g/mol. The molecule has 4 N–H and O–H groups in total. The summed E-state index contributed by atoms with van der Waals surface area (Å²) < 4.78 is 0. The third-order valence-corrected chi connectivity index (χ3v) is 2.97. The minimum Gasteiger partial charge on any atom is -0.368 e. The van der Waals surface area contributed by atoms with Crippen LogP contribution in [0.2, 0.25) is 0 Å². The van der Waals surface area contributed by atoms with Gasteiger partial charge >= 0.3 is 0 Å². The second-order valence-electron chi connectivity index (χ2n) is 4.33. The summed E-state index contributed by atoms with van der Waals surface area (Å²) >= 11 is 4.23. The normalized spacial score (nSPS) is 11.7. The van der Waals surface area contributed by atoms with Crippen LogP contribution in [0.5, 0.6) is 0 Å². The highest BCUT2D eigenvalue weighted by Crippen LogP contribution is 2.10. The standard InChI is InChI=1S/C13H17N3O3S/c14-11(17)7-16(8-12(15)18)13(19)10(20)6-9-4-2-1-3-5-9/h1-5,10,20H,6-8H2,(H2,14,17)(H2,15,18). The molecule has 1 aromatic rings. The van der Waals surface area contributed by atoms with Crippen molar-refractivity contribution in [2.75, 3.05) is 13.1 Å². The van der Waals surface area contributed by atoms with Gasteiger partial charge in [0.05, 0.1) is 18.3 Å². The maximum Gasteiger partial charge on any atom is 0.237 e. The van der Waals surface area contributed by atoms with Crippen molar-refractivity contribution in [2.45, 2.75) is 11.7 Å². The van der Waals surface area contributed by atoms with Crippen LogP contribution in [0.4, 0.5) is 0 Å². The number of nitrogens with zero attached hydrogens (tertiary/aromatic N) is 1. The number of hydrogen-bond acceptors (Lipinski definition) is 4. The van der Waals surface area contributed by atoms with E-state index >= 15 is 0 Å². The number of thiol groups is 1. The molecule has 0 heterocycles. The first-order valence-electron chi connectivity index (χ1n) is 5.97. The van der Waals surface area contributed by atoms with Gasteiger partial charge in [0, 0.05) is 0 Å². The molecular formula is C13H17N3O3S. The summed E-state index contributed by atoms with van der Waals surface area (Å²) in [5.74, 6) is -1.87. The van der Waals surface area contributed by atoms with E-state index in [0.717, 1.165) is 10.5 Å². The van der Waals surface area contributed by atoms with Crippen molar-refractivity contribution >= 4 is 30.4 Å². The van der Waals surface area contributed by atoms with Crippen LogP contribution >= 0.6 is 12.6 Å². The van der Waals surface area contributed by atoms with Crippen molar-refractivity contribution < 1.29 is 14.4 Å². The quantitative estimate of drug-likeness (QED) is 0.581. The SMILES string of the molecule is NC(=O)CN(CC(N)=O)C(=O)C(S)Cc1ccccc1. The van der Waals surface area contributed by atoms with E-state index in [1.165, 1.54) is 0 Å². The van der Waals surface area contributed by atoms with Crippen LogP contribution in [-0.2, 0) is 20.8 Å². The van der Waals surface area contributed by atoms with Gasteiger partial charge in [-0.25, -0.2) is 0 Å². The van der Waals surface area contributed by atoms with Crippen LogP contribution in [0, 0.1) is 0 Å². The third-order valence-electron chi connectivity index (χ3n) is 2.56. The Morgan fingerprint density at radius 1 is 1.05 bits per heavy atom. The highest BCUT2D eigenvalue weighted by molar-refractivity contribution is 7.81. The molecule has 7 heteroatoms. The molecule has 1 atom stereocenters. The molecule has 0 aliphatic carbocycles. The second-order valence-corrected chi connectivity index (χ2v) is 4.96. The molecule has 6 nitrogen and oxygen atoms in total. The fourth-order valence-electron chi connectivity index (χ4n) is 1.72. The first-order valence-corrected chi connectivity index (χ1v) is 6.49. The molecule has 0 saturated heterocycles. The average molecular weight is 295 g/mol. The number of carbonyl (C=O) groups excluding carboxylic acids is 3. The van der Waals surface area contributed by atoms with Gasteiger partial charge in [0.25, 0.3) is 0 Å². The molecule has 20 heavy (non-hydrogen) atoms. The van der Waals surface area contributed by atoms with Crippen molar-refractivity contribution in [3.05, 3.63) is 35.9 Å². The predicted molar refractivity (Wildman–Crippen MR) is 77.9 cm³/mol. The fraction of sp³-hybridized carbons (Fsp3) is 0.308. The summed E-state index contributed by atoms with van der Waals surface area (Å²) in [7, 11) is 0. The molecule has 0 aliphatic heterocycles. The summed E-state index contributed by atoms with van der Waals surface area (Å²) in [6.07, 6.45) is 0.386. The zero-order chi connectivity index (χ0) is 15.1. The second kappa shape index (κ2) is 7.54. The van der Waals surface area contributed by atoms with Crippen molar-refractivity contribution in [2.24, 2.45) is 11.5 Å². The van der Waals surface area contributed by atoms with Gasteiger partial charge < -0.3 is 16.4 Å². The van der Waals surface area contributed by atoms with E-state index < -0.39 is 23.0 Å². The Labute approximate surface area is 122 Å². The van der Waals surface area contributed by atoms with Crippen molar-refractivity contribution in [1.82, 2.24) is 4.90 Å². The van der Waals surface area contributed by atoms with E-state index in [1.54, 1.807) is 0 Å². The number of primary amides is 2. The Hall–Kier alpha value is -2.02. The monoisotopic (exact) mass is 295 g/mol. The fourth-order valence-corrected chi connectivity index (χ4v) is 2.10. The minimum absolute atomic E-state index is 0.354. The number of carbonyl (C=O) groups is 3. The lowest BCUT2D eigenvalue weighted by atomic mass is 10.1. The van der Waals surface area contributed by atoms with E-state index in [9.17, 15) is 14.4 Å². The first kappa shape index (κ1) is 16.0. The van der Waals surface area contributed by atoms with Crippen molar-refractivity contribution in [3.8, 4) is 0 Å². The summed E-state index contributed by atoms with van der Waals surface area (Å²) in [6, 6.07) is 9.30.